The smallest absolute Gasteiger partial charge is 0.0595 e. The van der Waals surface area contributed by atoms with Crippen molar-refractivity contribution in [1.29, 1.82) is 0 Å². The fourth-order valence-corrected chi connectivity index (χ4v) is 3.52. The molecule has 0 saturated heterocycles. The molecule has 1 aliphatic carbocycles. The highest BCUT2D eigenvalue weighted by atomic mass is 35.5. The maximum absolute atomic E-state index is 6.23. The van der Waals surface area contributed by atoms with Gasteiger partial charge in [0.05, 0.1) is 10.0 Å². The Kier molecular flexibility index (Phi) is 5.77. The van der Waals surface area contributed by atoms with Crippen molar-refractivity contribution in [3.05, 3.63) is 33.8 Å². The number of rotatable bonds is 5. The van der Waals surface area contributed by atoms with Gasteiger partial charge in [0.15, 0.2) is 0 Å². The molecule has 3 heteroatoms. The summed E-state index contributed by atoms with van der Waals surface area (Å²) in [6.45, 7) is 6.62. The van der Waals surface area contributed by atoms with Crippen LogP contribution in [-0.4, -0.2) is 13.1 Å². The number of nitrogens with one attached hydrogen (secondary N) is 1. The quantitative estimate of drug-likeness (QED) is 0.763. The lowest BCUT2D eigenvalue weighted by molar-refractivity contribution is 0.276. The topological polar surface area (TPSA) is 12.0 Å². The third kappa shape index (κ3) is 3.90. The van der Waals surface area contributed by atoms with Gasteiger partial charge in [-0.05, 0) is 43.0 Å². The number of hydrogen-bond donors (Lipinski definition) is 1. The summed E-state index contributed by atoms with van der Waals surface area (Å²) >= 11 is 12.3. The maximum Gasteiger partial charge on any atom is 0.0595 e. The lowest BCUT2D eigenvalue weighted by atomic mass is 9.69. The normalized spacial score (nSPS) is 18.4. The van der Waals surface area contributed by atoms with Gasteiger partial charge in [-0.3, -0.25) is 0 Å². The minimum absolute atomic E-state index is 0.237. The van der Waals surface area contributed by atoms with Crippen LogP contribution < -0.4 is 5.32 Å². The average molecular weight is 314 g/mol. The van der Waals surface area contributed by atoms with Crippen molar-refractivity contribution >= 4 is 23.2 Å². The molecule has 20 heavy (non-hydrogen) atoms. The Labute approximate surface area is 133 Å². The van der Waals surface area contributed by atoms with Gasteiger partial charge in [-0.25, -0.2) is 0 Å². The molecule has 0 heterocycles. The average Bonchev–Trinajstić information content (AvgIpc) is 2.42. The number of benzene rings is 1. The molecule has 2 rings (SSSR count). The second-order valence-electron chi connectivity index (χ2n) is 6.49. The van der Waals surface area contributed by atoms with Crippen LogP contribution in [-0.2, 0) is 5.41 Å². The monoisotopic (exact) mass is 313 g/mol. The summed E-state index contributed by atoms with van der Waals surface area (Å²) < 4.78 is 0. The molecule has 1 aromatic carbocycles. The Morgan fingerprint density at radius 3 is 2.40 bits per heavy atom. The fourth-order valence-electron chi connectivity index (χ4n) is 3.22. The van der Waals surface area contributed by atoms with Gasteiger partial charge in [0, 0.05) is 12.0 Å². The zero-order chi connectivity index (χ0) is 14.6. The molecular weight excluding hydrogens is 289 g/mol. The second-order valence-corrected chi connectivity index (χ2v) is 7.31. The highest BCUT2D eigenvalue weighted by Crippen LogP contribution is 2.40. The van der Waals surface area contributed by atoms with Crippen LogP contribution in [0, 0.1) is 5.92 Å². The van der Waals surface area contributed by atoms with E-state index in [0.717, 1.165) is 13.1 Å². The summed E-state index contributed by atoms with van der Waals surface area (Å²) in [5, 5.41) is 4.98. The summed E-state index contributed by atoms with van der Waals surface area (Å²) in [6, 6.07) is 6.18. The first kappa shape index (κ1) is 16.1. The van der Waals surface area contributed by atoms with Crippen LogP contribution in [0.2, 0.25) is 10.0 Å². The first-order valence-corrected chi connectivity index (χ1v) is 8.45. The number of hydrogen-bond acceptors (Lipinski definition) is 1. The SMILES string of the molecule is CC(C)CNCC1(c2ccc(Cl)c(Cl)c2)CCCCC1. The minimum atomic E-state index is 0.237. The Balaban J connectivity index is 2.19. The minimum Gasteiger partial charge on any atom is -0.316 e. The van der Waals surface area contributed by atoms with Gasteiger partial charge in [0.2, 0.25) is 0 Å². The lowest BCUT2D eigenvalue weighted by Crippen LogP contribution is -2.41. The third-order valence-electron chi connectivity index (χ3n) is 4.36. The molecule has 1 fully saturated rings. The van der Waals surface area contributed by atoms with Crippen molar-refractivity contribution in [2.24, 2.45) is 5.92 Å². The Hall–Kier alpha value is -0.240. The van der Waals surface area contributed by atoms with Crippen molar-refractivity contribution in [3.8, 4) is 0 Å². The van der Waals surface area contributed by atoms with Gasteiger partial charge < -0.3 is 5.32 Å². The summed E-state index contributed by atoms with van der Waals surface area (Å²) in [6.07, 6.45) is 6.46. The van der Waals surface area contributed by atoms with E-state index < -0.39 is 0 Å². The Morgan fingerprint density at radius 2 is 1.80 bits per heavy atom. The molecule has 1 aromatic rings. The Bertz CT molecular complexity index is 437. The Morgan fingerprint density at radius 1 is 1.10 bits per heavy atom. The van der Waals surface area contributed by atoms with E-state index in [2.05, 4.69) is 31.3 Å². The summed E-state index contributed by atoms with van der Waals surface area (Å²) in [5.41, 5.74) is 1.59. The van der Waals surface area contributed by atoms with E-state index in [1.807, 2.05) is 6.07 Å². The van der Waals surface area contributed by atoms with E-state index in [0.29, 0.717) is 16.0 Å². The lowest BCUT2D eigenvalue weighted by Gasteiger charge is -2.38. The van der Waals surface area contributed by atoms with Crippen molar-refractivity contribution in [1.82, 2.24) is 5.32 Å². The largest absolute Gasteiger partial charge is 0.316 e. The van der Waals surface area contributed by atoms with Crippen LogP contribution >= 0.6 is 23.2 Å². The second kappa shape index (κ2) is 7.15. The zero-order valence-corrected chi connectivity index (χ0v) is 14.0. The first-order chi connectivity index (χ1) is 9.53. The van der Waals surface area contributed by atoms with Crippen molar-refractivity contribution in [2.75, 3.05) is 13.1 Å². The van der Waals surface area contributed by atoms with Crippen LogP contribution in [0.4, 0.5) is 0 Å². The summed E-state index contributed by atoms with van der Waals surface area (Å²) in [7, 11) is 0. The molecule has 1 nitrogen and oxygen atoms in total. The predicted molar refractivity (Wildman–Crippen MR) is 88.9 cm³/mol. The van der Waals surface area contributed by atoms with Crippen molar-refractivity contribution in [3.63, 3.8) is 0 Å². The molecule has 112 valence electrons. The number of halogens is 2. The molecule has 1 saturated carbocycles. The molecule has 0 radical (unpaired) electrons. The molecule has 0 atom stereocenters. The highest BCUT2D eigenvalue weighted by molar-refractivity contribution is 6.42. The molecule has 0 unspecified atom stereocenters. The van der Waals surface area contributed by atoms with E-state index in [4.69, 9.17) is 23.2 Å². The van der Waals surface area contributed by atoms with E-state index >= 15 is 0 Å². The molecule has 0 amide bonds. The summed E-state index contributed by atoms with van der Waals surface area (Å²) in [5.74, 6) is 0.685. The molecule has 1 aliphatic rings. The van der Waals surface area contributed by atoms with Gasteiger partial charge in [-0.15, -0.1) is 0 Å². The van der Waals surface area contributed by atoms with Crippen LogP contribution in [0.3, 0.4) is 0 Å². The maximum atomic E-state index is 6.23. The van der Waals surface area contributed by atoms with Gasteiger partial charge >= 0.3 is 0 Å². The summed E-state index contributed by atoms with van der Waals surface area (Å²) in [4.78, 5) is 0. The highest BCUT2D eigenvalue weighted by Gasteiger charge is 2.33. The van der Waals surface area contributed by atoms with Gasteiger partial charge in [-0.1, -0.05) is 62.4 Å². The molecule has 0 aliphatic heterocycles. The first-order valence-electron chi connectivity index (χ1n) is 7.70. The van der Waals surface area contributed by atoms with Gasteiger partial charge in [0.25, 0.3) is 0 Å². The third-order valence-corrected chi connectivity index (χ3v) is 5.10. The van der Waals surface area contributed by atoms with Gasteiger partial charge in [0.1, 0.15) is 0 Å². The molecule has 1 N–H and O–H groups in total. The van der Waals surface area contributed by atoms with Crippen LogP contribution in [0.25, 0.3) is 0 Å². The standard InChI is InChI=1S/C17H25Cl2N/c1-13(2)11-20-12-17(8-4-3-5-9-17)14-6-7-15(18)16(19)10-14/h6-7,10,13,20H,3-5,8-9,11-12H2,1-2H3. The van der Waals surface area contributed by atoms with Gasteiger partial charge in [-0.2, -0.15) is 0 Å². The van der Waals surface area contributed by atoms with E-state index in [1.54, 1.807) is 0 Å². The predicted octanol–water partition coefficient (Wildman–Crippen LogP) is 5.44. The van der Waals surface area contributed by atoms with E-state index in [1.165, 1.54) is 37.7 Å². The van der Waals surface area contributed by atoms with Crippen molar-refractivity contribution in [2.45, 2.75) is 51.4 Å². The molecule has 0 aromatic heterocycles. The van der Waals surface area contributed by atoms with Crippen LogP contribution in [0.15, 0.2) is 18.2 Å². The molecular formula is C17H25Cl2N. The zero-order valence-electron chi connectivity index (χ0n) is 12.5. The molecule has 0 spiro atoms. The fraction of sp³-hybridized carbons (Fsp3) is 0.647. The van der Waals surface area contributed by atoms with Crippen LogP contribution in [0.5, 0.6) is 0 Å². The van der Waals surface area contributed by atoms with E-state index in [9.17, 15) is 0 Å². The van der Waals surface area contributed by atoms with E-state index in [-0.39, 0.29) is 5.41 Å². The molecule has 0 bridgehead atoms. The van der Waals surface area contributed by atoms with Crippen LogP contribution in [0.1, 0.15) is 51.5 Å². The van der Waals surface area contributed by atoms with Crippen molar-refractivity contribution < 1.29 is 0 Å².